The molecule has 3 rings (SSSR count). The standard InChI is InChI=1S/C22H25N3O3/c1-15-6-8-17(9-7-15)21(27)24-19-10-12-25(13-11-19)22(28)18-4-3-5-20(14-18)23-16(2)26/h3-9,14,19H,10-13H2,1-2H3,(H,23,26)(H,24,27). The van der Waals surface area contributed by atoms with Gasteiger partial charge in [0.25, 0.3) is 11.8 Å². The first-order chi connectivity index (χ1) is 13.4. The fourth-order valence-corrected chi connectivity index (χ4v) is 3.32. The summed E-state index contributed by atoms with van der Waals surface area (Å²) in [5.74, 6) is -0.307. The van der Waals surface area contributed by atoms with E-state index in [1.807, 2.05) is 31.2 Å². The van der Waals surface area contributed by atoms with E-state index < -0.39 is 0 Å². The van der Waals surface area contributed by atoms with Gasteiger partial charge in [-0.25, -0.2) is 0 Å². The molecular weight excluding hydrogens is 354 g/mol. The Kier molecular flexibility index (Phi) is 6.09. The minimum Gasteiger partial charge on any atom is -0.349 e. The van der Waals surface area contributed by atoms with Gasteiger partial charge in [0.2, 0.25) is 5.91 Å². The Morgan fingerprint density at radius 1 is 0.964 bits per heavy atom. The minimum absolute atomic E-state index is 0.0589. The first-order valence-electron chi connectivity index (χ1n) is 9.47. The van der Waals surface area contributed by atoms with E-state index in [1.54, 1.807) is 29.2 Å². The number of likely N-dealkylation sites (tertiary alicyclic amines) is 1. The van der Waals surface area contributed by atoms with E-state index in [1.165, 1.54) is 6.92 Å². The van der Waals surface area contributed by atoms with Crippen molar-refractivity contribution in [3.63, 3.8) is 0 Å². The number of hydrogen-bond donors (Lipinski definition) is 2. The Balaban J connectivity index is 1.54. The summed E-state index contributed by atoms with van der Waals surface area (Å²) in [4.78, 5) is 38.1. The number of nitrogens with zero attached hydrogens (tertiary/aromatic N) is 1. The molecular formula is C22H25N3O3. The van der Waals surface area contributed by atoms with Gasteiger partial charge in [-0.15, -0.1) is 0 Å². The molecule has 6 nitrogen and oxygen atoms in total. The monoisotopic (exact) mass is 379 g/mol. The lowest BCUT2D eigenvalue weighted by atomic mass is 10.0. The summed E-state index contributed by atoms with van der Waals surface area (Å²) in [6, 6.07) is 14.5. The fourth-order valence-electron chi connectivity index (χ4n) is 3.32. The molecule has 2 aromatic carbocycles. The zero-order chi connectivity index (χ0) is 20.1. The lowest BCUT2D eigenvalue weighted by molar-refractivity contribution is -0.114. The zero-order valence-corrected chi connectivity index (χ0v) is 16.2. The van der Waals surface area contributed by atoms with Gasteiger partial charge >= 0.3 is 0 Å². The first kappa shape index (κ1) is 19.6. The first-order valence-corrected chi connectivity index (χ1v) is 9.47. The average Bonchev–Trinajstić information content (AvgIpc) is 2.68. The van der Waals surface area contributed by atoms with Gasteiger partial charge in [0.15, 0.2) is 0 Å². The van der Waals surface area contributed by atoms with Crippen LogP contribution in [-0.4, -0.2) is 41.8 Å². The number of benzene rings is 2. The highest BCUT2D eigenvalue weighted by Gasteiger charge is 2.25. The summed E-state index contributed by atoms with van der Waals surface area (Å²) in [5.41, 5.74) is 2.93. The predicted molar refractivity (Wildman–Crippen MR) is 108 cm³/mol. The Hall–Kier alpha value is -3.15. The molecule has 0 unspecified atom stereocenters. The van der Waals surface area contributed by atoms with Crippen LogP contribution in [0.5, 0.6) is 0 Å². The number of nitrogens with one attached hydrogen (secondary N) is 2. The molecule has 0 saturated carbocycles. The number of anilines is 1. The maximum atomic E-state index is 12.7. The second-order valence-corrected chi connectivity index (χ2v) is 7.17. The lowest BCUT2D eigenvalue weighted by Crippen LogP contribution is -2.46. The second-order valence-electron chi connectivity index (χ2n) is 7.17. The molecule has 0 aromatic heterocycles. The van der Waals surface area contributed by atoms with Crippen LogP contribution in [0.25, 0.3) is 0 Å². The SMILES string of the molecule is CC(=O)Nc1cccc(C(=O)N2CCC(NC(=O)c3ccc(C)cc3)CC2)c1. The number of piperidine rings is 1. The number of carbonyl (C=O) groups is 3. The Bertz CT molecular complexity index is 869. The van der Waals surface area contributed by atoms with Crippen molar-refractivity contribution in [1.82, 2.24) is 10.2 Å². The normalized spacial score (nSPS) is 14.4. The molecule has 28 heavy (non-hydrogen) atoms. The van der Waals surface area contributed by atoms with Crippen molar-refractivity contribution in [1.29, 1.82) is 0 Å². The maximum absolute atomic E-state index is 12.7. The van der Waals surface area contributed by atoms with Crippen LogP contribution in [0, 0.1) is 6.92 Å². The van der Waals surface area contributed by atoms with E-state index in [-0.39, 0.29) is 23.8 Å². The van der Waals surface area contributed by atoms with Crippen molar-refractivity contribution >= 4 is 23.4 Å². The van der Waals surface area contributed by atoms with Crippen LogP contribution in [0.2, 0.25) is 0 Å². The molecule has 0 radical (unpaired) electrons. The van der Waals surface area contributed by atoms with Gasteiger partial charge in [-0.1, -0.05) is 23.8 Å². The molecule has 0 aliphatic carbocycles. The van der Waals surface area contributed by atoms with Crippen LogP contribution >= 0.6 is 0 Å². The summed E-state index contributed by atoms with van der Waals surface area (Å²) >= 11 is 0. The summed E-state index contributed by atoms with van der Waals surface area (Å²) in [5, 5.41) is 5.75. The number of aryl methyl sites for hydroxylation is 1. The van der Waals surface area contributed by atoms with Gasteiger partial charge in [0.05, 0.1) is 0 Å². The van der Waals surface area contributed by atoms with Crippen LogP contribution in [0.15, 0.2) is 48.5 Å². The Morgan fingerprint density at radius 3 is 2.29 bits per heavy atom. The third-order valence-electron chi connectivity index (χ3n) is 4.86. The molecule has 2 aromatic rings. The molecule has 1 heterocycles. The highest BCUT2D eigenvalue weighted by molar-refractivity contribution is 5.97. The minimum atomic E-state index is -0.172. The fraction of sp³-hybridized carbons (Fsp3) is 0.318. The Morgan fingerprint density at radius 2 is 1.64 bits per heavy atom. The van der Waals surface area contributed by atoms with Crippen molar-refractivity contribution in [2.24, 2.45) is 0 Å². The summed E-state index contributed by atoms with van der Waals surface area (Å²) in [6.07, 6.45) is 1.43. The van der Waals surface area contributed by atoms with Gasteiger partial charge < -0.3 is 15.5 Å². The molecule has 146 valence electrons. The highest BCUT2D eigenvalue weighted by atomic mass is 16.2. The quantitative estimate of drug-likeness (QED) is 0.857. The summed E-state index contributed by atoms with van der Waals surface area (Å²) in [6.45, 7) is 4.59. The van der Waals surface area contributed by atoms with Crippen LogP contribution in [0.3, 0.4) is 0 Å². The molecule has 0 spiro atoms. The molecule has 2 N–H and O–H groups in total. The van der Waals surface area contributed by atoms with Crippen molar-refractivity contribution in [2.45, 2.75) is 32.7 Å². The van der Waals surface area contributed by atoms with E-state index in [4.69, 9.17) is 0 Å². The van der Waals surface area contributed by atoms with Gasteiger partial charge in [0.1, 0.15) is 0 Å². The molecule has 0 atom stereocenters. The van der Waals surface area contributed by atoms with Crippen molar-refractivity contribution in [3.05, 3.63) is 65.2 Å². The third kappa shape index (κ3) is 4.97. The second kappa shape index (κ2) is 8.69. The van der Waals surface area contributed by atoms with Crippen LogP contribution < -0.4 is 10.6 Å². The lowest BCUT2D eigenvalue weighted by Gasteiger charge is -2.32. The number of hydrogen-bond acceptors (Lipinski definition) is 3. The van der Waals surface area contributed by atoms with E-state index in [2.05, 4.69) is 10.6 Å². The molecule has 6 heteroatoms. The number of rotatable bonds is 4. The van der Waals surface area contributed by atoms with Crippen LogP contribution in [0.4, 0.5) is 5.69 Å². The van der Waals surface area contributed by atoms with E-state index >= 15 is 0 Å². The summed E-state index contributed by atoms with van der Waals surface area (Å²) < 4.78 is 0. The van der Waals surface area contributed by atoms with Gasteiger partial charge in [0, 0.05) is 42.9 Å². The number of carbonyl (C=O) groups excluding carboxylic acids is 3. The highest BCUT2D eigenvalue weighted by Crippen LogP contribution is 2.17. The smallest absolute Gasteiger partial charge is 0.253 e. The summed E-state index contributed by atoms with van der Waals surface area (Å²) in [7, 11) is 0. The molecule has 1 aliphatic rings. The molecule has 1 saturated heterocycles. The van der Waals surface area contributed by atoms with Crippen molar-refractivity contribution in [3.8, 4) is 0 Å². The van der Waals surface area contributed by atoms with Crippen LogP contribution in [0.1, 0.15) is 46.0 Å². The van der Waals surface area contributed by atoms with Crippen molar-refractivity contribution in [2.75, 3.05) is 18.4 Å². The predicted octanol–water partition coefficient (Wildman–Crippen LogP) is 2.99. The average molecular weight is 379 g/mol. The molecule has 1 aliphatic heterocycles. The molecule has 1 fully saturated rings. The zero-order valence-electron chi connectivity index (χ0n) is 16.2. The van der Waals surface area contributed by atoms with E-state index in [9.17, 15) is 14.4 Å². The third-order valence-corrected chi connectivity index (χ3v) is 4.86. The molecule has 3 amide bonds. The van der Waals surface area contributed by atoms with E-state index in [0.717, 1.165) is 5.56 Å². The molecule has 0 bridgehead atoms. The van der Waals surface area contributed by atoms with Crippen molar-refractivity contribution < 1.29 is 14.4 Å². The van der Waals surface area contributed by atoms with Crippen LogP contribution in [-0.2, 0) is 4.79 Å². The largest absolute Gasteiger partial charge is 0.349 e. The Labute approximate surface area is 164 Å². The van der Waals surface area contributed by atoms with Gasteiger partial charge in [-0.2, -0.15) is 0 Å². The topological polar surface area (TPSA) is 78.5 Å². The maximum Gasteiger partial charge on any atom is 0.253 e. The van der Waals surface area contributed by atoms with Gasteiger partial charge in [-0.3, -0.25) is 14.4 Å². The van der Waals surface area contributed by atoms with E-state index in [0.29, 0.717) is 42.7 Å². The van der Waals surface area contributed by atoms with Gasteiger partial charge in [-0.05, 0) is 50.1 Å². The number of amides is 3.